The van der Waals surface area contributed by atoms with E-state index in [1.54, 1.807) is 30.5 Å². The van der Waals surface area contributed by atoms with Crippen LogP contribution in [0.25, 0.3) is 6.08 Å². The van der Waals surface area contributed by atoms with Gasteiger partial charge in [-0.15, -0.1) is 0 Å². The van der Waals surface area contributed by atoms with Gasteiger partial charge in [-0.05, 0) is 45.0 Å². The largest absolute Gasteiger partial charge is 0.402 e. The summed E-state index contributed by atoms with van der Waals surface area (Å²) in [6.45, 7) is 6.12. The number of halogens is 2. The topological polar surface area (TPSA) is 56.5 Å². The first-order valence-corrected chi connectivity index (χ1v) is 8.03. The number of carbonyl (C=O) groups is 1. The van der Waals surface area contributed by atoms with Crippen molar-refractivity contribution in [1.29, 1.82) is 0 Å². The zero-order chi connectivity index (χ0) is 17.5. The quantitative estimate of drug-likeness (QED) is 0.590. The number of ether oxygens (including phenoxy) is 1. The number of carbonyl (C=O) groups excluding carboxylic acids is 1. The molecule has 0 amide bonds. The van der Waals surface area contributed by atoms with Crippen LogP contribution < -0.4 is 0 Å². The first-order valence-electron chi connectivity index (χ1n) is 7.27. The molecule has 2 aromatic rings. The molecule has 0 saturated carbocycles. The van der Waals surface area contributed by atoms with E-state index in [0.717, 1.165) is 5.56 Å². The number of aliphatic imine (C=N–C) groups is 1. The molecule has 0 unspecified atom stereocenters. The molecule has 0 bridgehead atoms. The Balaban J connectivity index is 1.93. The van der Waals surface area contributed by atoms with Gasteiger partial charge in [0.2, 0.25) is 5.90 Å². The van der Waals surface area contributed by atoms with Gasteiger partial charge in [-0.25, -0.2) is 9.79 Å². The minimum absolute atomic E-state index is 0.141. The molecule has 7 heteroatoms. The van der Waals surface area contributed by atoms with Crippen LogP contribution in [0.15, 0.2) is 41.3 Å². The maximum atomic E-state index is 12.0. The molecule has 0 N–H and O–H groups in total. The highest BCUT2D eigenvalue weighted by molar-refractivity contribution is 6.37. The van der Waals surface area contributed by atoms with Crippen LogP contribution in [0.2, 0.25) is 10.0 Å². The second-order valence-corrected chi connectivity index (χ2v) is 7.19. The molecule has 0 aliphatic carbocycles. The van der Waals surface area contributed by atoms with Gasteiger partial charge in [-0.1, -0.05) is 23.2 Å². The Morgan fingerprint density at radius 3 is 2.62 bits per heavy atom. The van der Waals surface area contributed by atoms with Gasteiger partial charge in [0.05, 0.1) is 22.3 Å². The molecule has 5 nitrogen and oxygen atoms in total. The first kappa shape index (κ1) is 16.7. The molecular weight excluding hydrogens is 349 g/mol. The summed E-state index contributed by atoms with van der Waals surface area (Å²) >= 11 is 12.0. The lowest BCUT2D eigenvalue weighted by atomic mass is 10.1. The molecule has 2 heterocycles. The van der Waals surface area contributed by atoms with Crippen LogP contribution in [0.1, 0.15) is 31.9 Å². The second-order valence-electron chi connectivity index (χ2n) is 6.35. The molecular formula is C17H15Cl2N3O2. The third-order valence-electron chi connectivity index (χ3n) is 3.38. The van der Waals surface area contributed by atoms with E-state index in [1.165, 1.54) is 0 Å². The van der Waals surface area contributed by atoms with Crippen LogP contribution in [0.3, 0.4) is 0 Å². The molecule has 24 heavy (non-hydrogen) atoms. The Kier molecular flexibility index (Phi) is 4.24. The van der Waals surface area contributed by atoms with Crippen LogP contribution in [-0.4, -0.2) is 21.6 Å². The van der Waals surface area contributed by atoms with E-state index in [1.807, 2.05) is 31.6 Å². The van der Waals surface area contributed by atoms with Crippen molar-refractivity contribution in [2.24, 2.45) is 4.99 Å². The van der Waals surface area contributed by atoms with E-state index >= 15 is 0 Å². The Morgan fingerprint density at radius 2 is 2.00 bits per heavy atom. The zero-order valence-electron chi connectivity index (χ0n) is 13.4. The predicted octanol–water partition coefficient (Wildman–Crippen LogP) is 4.29. The Labute approximate surface area is 149 Å². The molecule has 0 fully saturated rings. The average molecular weight is 364 g/mol. The number of nitrogens with zero attached hydrogens (tertiary/aromatic N) is 3. The fourth-order valence-corrected chi connectivity index (χ4v) is 2.61. The highest BCUT2D eigenvalue weighted by Gasteiger charge is 2.26. The van der Waals surface area contributed by atoms with Crippen molar-refractivity contribution < 1.29 is 9.53 Å². The molecule has 0 atom stereocenters. The lowest BCUT2D eigenvalue weighted by molar-refractivity contribution is -0.129. The van der Waals surface area contributed by atoms with Gasteiger partial charge in [0.15, 0.2) is 5.70 Å². The second kappa shape index (κ2) is 6.07. The summed E-state index contributed by atoms with van der Waals surface area (Å²) in [4.78, 5) is 16.3. The van der Waals surface area contributed by atoms with Crippen molar-refractivity contribution in [3.8, 4) is 0 Å². The van der Waals surface area contributed by atoms with Crippen molar-refractivity contribution in [1.82, 2.24) is 9.78 Å². The molecule has 0 radical (unpaired) electrons. The van der Waals surface area contributed by atoms with Crippen LogP contribution in [-0.2, 0) is 15.1 Å². The fraction of sp³-hybridized carbons (Fsp3) is 0.235. The third kappa shape index (κ3) is 3.37. The van der Waals surface area contributed by atoms with Crippen molar-refractivity contribution in [2.45, 2.75) is 26.3 Å². The van der Waals surface area contributed by atoms with Crippen LogP contribution in [0, 0.1) is 0 Å². The molecule has 1 aromatic carbocycles. The summed E-state index contributed by atoms with van der Waals surface area (Å²) in [6.07, 6.45) is 5.16. The van der Waals surface area contributed by atoms with Crippen LogP contribution in [0.5, 0.6) is 0 Å². The Morgan fingerprint density at radius 1 is 1.25 bits per heavy atom. The lowest BCUT2D eigenvalue weighted by Crippen LogP contribution is -2.21. The highest BCUT2D eigenvalue weighted by Crippen LogP contribution is 2.26. The van der Waals surface area contributed by atoms with Crippen molar-refractivity contribution in [2.75, 3.05) is 0 Å². The summed E-state index contributed by atoms with van der Waals surface area (Å²) < 4.78 is 7.03. The predicted molar refractivity (Wildman–Crippen MR) is 94.3 cm³/mol. The minimum atomic E-state index is -0.528. The molecule has 1 aliphatic rings. The minimum Gasteiger partial charge on any atom is -0.402 e. The molecule has 0 saturated heterocycles. The monoisotopic (exact) mass is 363 g/mol. The number of rotatable bonds is 2. The van der Waals surface area contributed by atoms with E-state index in [9.17, 15) is 4.79 Å². The summed E-state index contributed by atoms with van der Waals surface area (Å²) in [7, 11) is 0. The highest BCUT2D eigenvalue weighted by atomic mass is 35.5. The maximum Gasteiger partial charge on any atom is 0.363 e. The Bertz CT molecular complexity index is 876. The average Bonchev–Trinajstić information content (AvgIpc) is 3.07. The van der Waals surface area contributed by atoms with E-state index in [0.29, 0.717) is 15.6 Å². The van der Waals surface area contributed by atoms with Gasteiger partial charge < -0.3 is 4.74 Å². The van der Waals surface area contributed by atoms with E-state index in [-0.39, 0.29) is 17.1 Å². The van der Waals surface area contributed by atoms with Crippen LogP contribution >= 0.6 is 23.2 Å². The summed E-state index contributed by atoms with van der Waals surface area (Å²) in [5.74, 6) is -0.365. The van der Waals surface area contributed by atoms with E-state index in [2.05, 4.69) is 10.1 Å². The van der Waals surface area contributed by atoms with Crippen molar-refractivity contribution in [3.05, 3.63) is 57.5 Å². The van der Waals surface area contributed by atoms with Crippen molar-refractivity contribution in [3.63, 3.8) is 0 Å². The normalized spacial score (nSPS) is 16.5. The van der Waals surface area contributed by atoms with Gasteiger partial charge in [0.1, 0.15) is 0 Å². The van der Waals surface area contributed by atoms with Gasteiger partial charge in [-0.2, -0.15) is 5.10 Å². The molecule has 3 rings (SSSR count). The number of hydrogen-bond donors (Lipinski definition) is 0. The molecule has 1 aliphatic heterocycles. The number of benzene rings is 1. The molecule has 0 spiro atoms. The van der Waals surface area contributed by atoms with Crippen molar-refractivity contribution >= 4 is 41.1 Å². The SMILES string of the molecule is CC(C)(C)n1cc(/C=C2\N=C(c3ccc(Cl)cc3Cl)OC2=O)cn1. The van der Waals surface area contributed by atoms with Crippen LogP contribution in [0.4, 0.5) is 0 Å². The summed E-state index contributed by atoms with van der Waals surface area (Å²) in [5.41, 5.74) is 1.34. The van der Waals surface area contributed by atoms with Gasteiger partial charge in [0.25, 0.3) is 0 Å². The molecule has 1 aromatic heterocycles. The van der Waals surface area contributed by atoms with Gasteiger partial charge >= 0.3 is 5.97 Å². The van der Waals surface area contributed by atoms with E-state index in [4.69, 9.17) is 27.9 Å². The fourth-order valence-electron chi connectivity index (χ4n) is 2.12. The first-order chi connectivity index (χ1) is 11.2. The summed E-state index contributed by atoms with van der Waals surface area (Å²) in [6, 6.07) is 4.90. The number of esters is 1. The maximum absolute atomic E-state index is 12.0. The van der Waals surface area contributed by atoms with Gasteiger partial charge in [0, 0.05) is 16.8 Å². The zero-order valence-corrected chi connectivity index (χ0v) is 14.9. The Hall–Kier alpha value is -2.11. The molecule has 124 valence electrons. The standard InChI is InChI=1S/C17H15Cl2N3O2/c1-17(2,3)22-9-10(8-20-22)6-14-16(23)24-15(21-14)12-5-4-11(18)7-13(12)19/h4-9H,1-3H3/b14-6-. The summed E-state index contributed by atoms with van der Waals surface area (Å²) in [5, 5.41) is 5.16. The number of hydrogen-bond acceptors (Lipinski definition) is 4. The lowest BCUT2D eigenvalue weighted by Gasteiger charge is -2.18. The van der Waals surface area contributed by atoms with E-state index < -0.39 is 5.97 Å². The number of aromatic nitrogens is 2. The number of cyclic esters (lactones) is 1. The third-order valence-corrected chi connectivity index (χ3v) is 3.92. The van der Waals surface area contributed by atoms with Gasteiger partial charge in [-0.3, -0.25) is 4.68 Å². The smallest absolute Gasteiger partial charge is 0.363 e.